The lowest BCUT2D eigenvalue weighted by atomic mass is 9.90. The Balaban J connectivity index is 2.02. The molecule has 0 aromatic heterocycles. The van der Waals surface area contributed by atoms with E-state index in [4.69, 9.17) is 5.11 Å². The Morgan fingerprint density at radius 2 is 2.06 bits per heavy atom. The molecule has 5 heteroatoms. The van der Waals surface area contributed by atoms with Crippen LogP contribution in [0.1, 0.15) is 32.6 Å². The van der Waals surface area contributed by atoms with Crippen LogP contribution in [-0.2, 0) is 14.6 Å². The first kappa shape index (κ1) is 11.9. The van der Waals surface area contributed by atoms with Crippen LogP contribution < -0.4 is 0 Å². The van der Waals surface area contributed by atoms with Crippen LogP contribution in [0.5, 0.6) is 0 Å². The van der Waals surface area contributed by atoms with Crippen molar-refractivity contribution >= 4 is 15.8 Å². The molecule has 2 fully saturated rings. The Kier molecular flexibility index (Phi) is 2.99. The van der Waals surface area contributed by atoms with Gasteiger partial charge in [-0.3, -0.25) is 4.79 Å². The summed E-state index contributed by atoms with van der Waals surface area (Å²) >= 11 is 0. The zero-order chi connectivity index (χ0) is 11.9. The number of hydrogen-bond donors (Lipinski definition) is 1. The minimum atomic E-state index is -3.46. The minimum absolute atomic E-state index is 0.0711. The molecule has 2 bridgehead atoms. The van der Waals surface area contributed by atoms with Crippen molar-refractivity contribution in [3.8, 4) is 0 Å². The summed E-state index contributed by atoms with van der Waals surface area (Å²) < 4.78 is 23.6. The van der Waals surface area contributed by atoms with Gasteiger partial charge in [-0.25, -0.2) is 8.42 Å². The summed E-state index contributed by atoms with van der Waals surface area (Å²) in [6.07, 6.45) is 4.50. The molecule has 2 saturated carbocycles. The second kappa shape index (κ2) is 4.02. The Morgan fingerprint density at radius 3 is 2.50 bits per heavy atom. The van der Waals surface area contributed by atoms with Crippen LogP contribution in [0.2, 0.25) is 0 Å². The molecule has 2 aliphatic rings. The van der Waals surface area contributed by atoms with Crippen LogP contribution in [0.25, 0.3) is 0 Å². The highest BCUT2D eigenvalue weighted by atomic mass is 32.2. The summed E-state index contributed by atoms with van der Waals surface area (Å²) in [6, 6.07) is 0. The maximum Gasteiger partial charge on any atom is 0.321 e. The lowest BCUT2D eigenvalue weighted by Gasteiger charge is -2.22. The molecule has 0 aromatic rings. The molecule has 0 radical (unpaired) electrons. The van der Waals surface area contributed by atoms with E-state index in [0.29, 0.717) is 11.8 Å². The highest BCUT2D eigenvalue weighted by Crippen LogP contribution is 2.48. The fourth-order valence-corrected chi connectivity index (χ4v) is 4.78. The van der Waals surface area contributed by atoms with E-state index in [9.17, 15) is 13.2 Å². The Labute approximate surface area is 96.0 Å². The van der Waals surface area contributed by atoms with Gasteiger partial charge in [-0.2, -0.15) is 0 Å². The van der Waals surface area contributed by atoms with E-state index < -0.39 is 21.1 Å². The van der Waals surface area contributed by atoms with Gasteiger partial charge >= 0.3 is 5.97 Å². The molecule has 0 saturated heterocycles. The molecule has 4 atom stereocenters. The van der Waals surface area contributed by atoms with Crippen LogP contribution in [0.3, 0.4) is 0 Å². The topological polar surface area (TPSA) is 71.4 Å². The second-order valence-corrected chi connectivity index (χ2v) is 7.61. The van der Waals surface area contributed by atoms with Crippen molar-refractivity contribution in [1.29, 1.82) is 0 Å². The van der Waals surface area contributed by atoms with Gasteiger partial charge in [-0.1, -0.05) is 6.42 Å². The first-order valence-electron chi connectivity index (χ1n) is 5.84. The van der Waals surface area contributed by atoms with E-state index >= 15 is 0 Å². The predicted octanol–water partition coefficient (Wildman–Crippen LogP) is 1.31. The minimum Gasteiger partial charge on any atom is -0.480 e. The third-order valence-corrected chi connectivity index (χ3v) is 6.39. The van der Waals surface area contributed by atoms with Crippen molar-refractivity contribution in [3.63, 3.8) is 0 Å². The fourth-order valence-electron chi connectivity index (χ4n) is 3.18. The van der Waals surface area contributed by atoms with Crippen molar-refractivity contribution in [2.75, 3.05) is 5.75 Å². The van der Waals surface area contributed by atoms with E-state index in [1.165, 1.54) is 13.3 Å². The third-order valence-electron chi connectivity index (χ3n) is 4.22. The van der Waals surface area contributed by atoms with E-state index in [2.05, 4.69) is 0 Å². The van der Waals surface area contributed by atoms with Crippen LogP contribution in [0.15, 0.2) is 0 Å². The van der Waals surface area contributed by atoms with Gasteiger partial charge in [0, 0.05) is 0 Å². The molecule has 16 heavy (non-hydrogen) atoms. The summed E-state index contributed by atoms with van der Waals surface area (Å²) in [5.41, 5.74) is 0. The van der Waals surface area contributed by atoms with Gasteiger partial charge in [-0.05, 0) is 43.9 Å². The summed E-state index contributed by atoms with van der Waals surface area (Å²) in [5.74, 6) is 0.279. The first-order chi connectivity index (χ1) is 7.40. The molecule has 92 valence electrons. The second-order valence-electron chi connectivity index (χ2n) is 5.24. The summed E-state index contributed by atoms with van der Waals surface area (Å²) in [7, 11) is -3.46. The van der Waals surface area contributed by atoms with Crippen LogP contribution in [-0.4, -0.2) is 30.5 Å². The van der Waals surface area contributed by atoms with Gasteiger partial charge < -0.3 is 5.11 Å². The zero-order valence-electron chi connectivity index (χ0n) is 9.43. The number of carbonyl (C=O) groups is 1. The molecule has 4 unspecified atom stereocenters. The largest absolute Gasteiger partial charge is 0.480 e. The zero-order valence-corrected chi connectivity index (χ0v) is 10.2. The number of carboxylic acids is 1. The van der Waals surface area contributed by atoms with Gasteiger partial charge in [0.25, 0.3) is 0 Å². The molecule has 0 aliphatic heterocycles. The predicted molar refractivity (Wildman–Crippen MR) is 59.8 cm³/mol. The third kappa shape index (κ3) is 2.10. The lowest BCUT2D eigenvalue weighted by Crippen LogP contribution is -2.33. The lowest BCUT2D eigenvalue weighted by molar-refractivity contribution is -0.136. The van der Waals surface area contributed by atoms with Crippen molar-refractivity contribution in [3.05, 3.63) is 0 Å². The number of hydrogen-bond acceptors (Lipinski definition) is 3. The molecule has 0 heterocycles. The standard InChI is InChI=1S/C11H18O4S/c1-7(11(12)13)16(14,15)6-10-5-8-2-3-9(10)4-8/h7-10H,2-6H2,1H3,(H,12,13). The van der Waals surface area contributed by atoms with E-state index in [-0.39, 0.29) is 11.7 Å². The molecule has 0 spiro atoms. The fraction of sp³-hybridized carbons (Fsp3) is 0.909. The van der Waals surface area contributed by atoms with E-state index in [0.717, 1.165) is 19.3 Å². The average molecular weight is 246 g/mol. The van der Waals surface area contributed by atoms with Crippen molar-refractivity contribution in [2.45, 2.75) is 37.9 Å². The SMILES string of the molecule is CC(C(=O)O)S(=O)(=O)CC1CC2CCC1C2. The number of aliphatic carboxylic acids is 1. The van der Waals surface area contributed by atoms with Crippen molar-refractivity contribution in [1.82, 2.24) is 0 Å². The van der Waals surface area contributed by atoms with E-state index in [1.807, 2.05) is 0 Å². The molecule has 1 N–H and O–H groups in total. The van der Waals surface area contributed by atoms with E-state index in [1.54, 1.807) is 0 Å². The summed E-state index contributed by atoms with van der Waals surface area (Å²) in [5, 5.41) is 7.49. The van der Waals surface area contributed by atoms with Gasteiger partial charge in [0.15, 0.2) is 15.1 Å². The normalized spacial score (nSPS) is 35.2. The number of fused-ring (bicyclic) bond motifs is 2. The van der Waals surface area contributed by atoms with Crippen molar-refractivity contribution < 1.29 is 18.3 Å². The van der Waals surface area contributed by atoms with Crippen LogP contribution in [0.4, 0.5) is 0 Å². The molecule has 0 aromatic carbocycles. The summed E-state index contributed by atoms with van der Waals surface area (Å²) in [6.45, 7) is 1.27. The smallest absolute Gasteiger partial charge is 0.321 e. The number of rotatable bonds is 4. The highest BCUT2D eigenvalue weighted by Gasteiger charge is 2.42. The average Bonchev–Trinajstić information content (AvgIpc) is 2.77. The molecule has 2 rings (SSSR count). The number of sulfone groups is 1. The quantitative estimate of drug-likeness (QED) is 0.812. The summed E-state index contributed by atoms with van der Waals surface area (Å²) in [4.78, 5) is 10.7. The Hall–Kier alpha value is -0.580. The van der Waals surface area contributed by atoms with Gasteiger partial charge in [0.1, 0.15) is 0 Å². The van der Waals surface area contributed by atoms with Crippen molar-refractivity contribution in [2.24, 2.45) is 17.8 Å². The van der Waals surface area contributed by atoms with Gasteiger partial charge in [0.2, 0.25) is 0 Å². The van der Waals surface area contributed by atoms with Gasteiger partial charge in [0.05, 0.1) is 5.75 Å². The maximum atomic E-state index is 11.8. The Morgan fingerprint density at radius 1 is 1.38 bits per heavy atom. The molecule has 0 amide bonds. The molecule has 2 aliphatic carbocycles. The monoisotopic (exact) mass is 246 g/mol. The molecular formula is C11H18O4S. The van der Waals surface area contributed by atoms with Gasteiger partial charge in [-0.15, -0.1) is 0 Å². The molecular weight excluding hydrogens is 228 g/mol. The van der Waals surface area contributed by atoms with Crippen LogP contribution in [0, 0.1) is 17.8 Å². The Bertz CT molecular complexity index is 387. The first-order valence-corrected chi connectivity index (χ1v) is 7.56. The van der Waals surface area contributed by atoms with Crippen LogP contribution >= 0.6 is 0 Å². The molecule has 4 nitrogen and oxygen atoms in total. The number of carboxylic acid groups (broad SMARTS) is 1. The maximum absolute atomic E-state index is 11.8. The highest BCUT2D eigenvalue weighted by molar-refractivity contribution is 7.92.